The van der Waals surface area contributed by atoms with E-state index in [1.165, 1.54) is 30.4 Å². The van der Waals surface area contributed by atoms with Crippen molar-refractivity contribution < 1.29 is 0 Å². The van der Waals surface area contributed by atoms with E-state index in [1.807, 2.05) is 0 Å². The van der Waals surface area contributed by atoms with Crippen LogP contribution in [0, 0.1) is 0 Å². The van der Waals surface area contributed by atoms with Crippen LogP contribution in [0.5, 0.6) is 0 Å². The van der Waals surface area contributed by atoms with Gasteiger partial charge in [0.1, 0.15) is 0 Å². The number of nitrogens with zero attached hydrogens (tertiary/aromatic N) is 1. The summed E-state index contributed by atoms with van der Waals surface area (Å²) < 4.78 is 0. The topological polar surface area (TPSA) is 29.3 Å². The van der Waals surface area contributed by atoms with Crippen molar-refractivity contribution in [1.29, 1.82) is 0 Å². The van der Waals surface area contributed by atoms with E-state index in [0.717, 1.165) is 13.0 Å². The Labute approximate surface area is 119 Å². The molecule has 0 saturated heterocycles. The third-order valence-corrected chi connectivity index (χ3v) is 4.10. The first-order valence-corrected chi connectivity index (χ1v) is 7.64. The van der Waals surface area contributed by atoms with Crippen molar-refractivity contribution in [2.24, 2.45) is 5.73 Å². The molecule has 0 bridgehead atoms. The summed E-state index contributed by atoms with van der Waals surface area (Å²) in [5.74, 6) is 0. The van der Waals surface area contributed by atoms with Crippen molar-refractivity contribution >= 4 is 0 Å². The first kappa shape index (κ1) is 16.2. The van der Waals surface area contributed by atoms with Crippen LogP contribution < -0.4 is 5.73 Å². The normalized spacial score (nSPS) is 14.6. The molecule has 0 aromatic heterocycles. The van der Waals surface area contributed by atoms with E-state index in [-0.39, 0.29) is 6.04 Å². The Balaban J connectivity index is 2.56. The Morgan fingerprint density at radius 2 is 1.74 bits per heavy atom. The summed E-state index contributed by atoms with van der Waals surface area (Å²) in [6.45, 7) is 7.78. The average molecular weight is 262 g/mol. The first-order valence-electron chi connectivity index (χ1n) is 7.64. The first-order chi connectivity index (χ1) is 9.10. The number of hydrogen-bond donors (Lipinski definition) is 1. The smallest absolute Gasteiger partial charge is 0.0450 e. The summed E-state index contributed by atoms with van der Waals surface area (Å²) in [4.78, 5) is 2.38. The number of rotatable bonds is 8. The summed E-state index contributed by atoms with van der Waals surface area (Å²) in [6.07, 6.45) is 4.92. The zero-order chi connectivity index (χ0) is 14.3. The summed E-state index contributed by atoms with van der Waals surface area (Å²) >= 11 is 0. The Kier molecular flexibility index (Phi) is 7.11. The molecule has 2 nitrogen and oxygen atoms in total. The number of unbranched alkanes of at least 4 members (excludes halogenated alkanes) is 2. The Bertz CT molecular complexity index is 345. The average Bonchev–Trinajstić information content (AvgIpc) is 2.46. The van der Waals surface area contributed by atoms with E-state index in [2.05, 4.69) is 57.0 Å². The predicted octanol–water partition coefficient (Wildman–Crippen LogP) is 3.76. The molecule has 0 aliphatic heterocycles. The molecule has 19 heavy (non-hydrogen) atoms. The Morgan fingerprint density at radius 1 is 1.11 bits per heavy atom. The van der Waals surface area contributed by atoms with Gasteiger partial charge in [-0.15, -0.1) is 0 Å². The van der Waals surface area contributed by atoms with Gasteiger partial charge in [-0.2, -0.15) is 0 Å². The predicted molar refractivity (Wildman–Crippen MR) is 84.4 cm³/mol. The molecular formula is C17H30N2. The highest BCUT2D eigenvalue weighted by atomic mass is 15.1. The van der Waals surface area contributed by atoms with E-state index in [0.29, 0.717) is 6.04 Å². The molecule has 0 fully saturated rings. The molecule has 0 aliphatic carbocycles. The molecule has 0 amide bonds. The number of nitrogens with two attached hydrogens (primary N) is 1. The van der Waals surface area contributed by atoms with Crippen LogP contribution in [0.1, 0.15) is 57.2 Å². The molecule has 2 atom stereocenters. The van der Waals surface area contributed by atoms with Crippen molar-refractivity contribution in [3.05, 3.63) is 35.4 Å². The maximum Gasteiger partial charge on any atom is 0.0450 e. The summed E-state index contributed by atoms with van der Waals surface area (Å²) in [5, 5.41) is 0. The number of hydrogen-bond acceptors (Lipinski definition) is 2. The molecule has 2 N–H and O–H groups in total. The van der Waals surface area contributed by atoms with Crippen molar-refractivity contribution in [2.75, 3.05) is 13.6 Å². The molecule has 0 saturated carbocycles. The Morgan fingerprint density at radius 3 is 2.26 bits per heavy atom. The van der Waals surface area contributed by atoms with Crippen LogP contribution in [0.15, 0.2) is 24.3 Å². The summed E-state index contributed by atoms with van der Waals surface area (Å²) in [6, 6.07) is 9.22. The zero-order valence-electron chi connectivity index (χ0n) is 13.0. The van der Waals surface area contributed by atoms with Gasteiger partial charge in [0.05, 0.1) is 0 Å². The van der Waals surface area contributed by atoms with Crippen LogP contribution in [0.25, 0.3) is 0 Å². The molecule has 2 unspecified atom stereocenters. The van der Waals surface area contributed by atoms with Crippen LogP contribution in [-0.4, -0.2) is 24.5 Å². The van der Waals surface area contributed by atoms with Crippen LogP contribution in [0.2, 0.25) is 0 Å². The molecule has 1 rings (SSSR count). The standard InChI is InChI=1S/C17H30N2/c1-5-7-8-13-19(4)14(3)17(18)16-11-9-15(6-2)10-12-16/h9-12,14,17H,5-8,13,18H2,1-4H3. The molecule has 0 spiro atoms. The van der Waals surface area contributed by atoms with E-state index in [4.69, 9.17) is 5.73 Å². The highest BCUT2D eigenvalue weighted by Crippen LogP contribution is 2.19. The van der Waals surface area contributed by atoms with Gasteiger partial charge in [-0.05, 0) is 44.5 Å². The second-order valence-corrected chi connectivity index (χ2v) is 5.55. The minimum atomic E-state index is 0.0949. The van der Waals surface area contributed by atoms with E-state index < -0.39 is 0 Å². The lowest BCUT2D eigenvalue weighted by molar-refractivity contribution is 0.223. The van der Waals surface area contributed by atoms with Gasteiger partial charge >= 0.3 is 0 Å². The molecule has 0 radical (unpaired) electrons. The van der Waals surface area contributed by atoms with E-state index in [1.54, 1.807) is 0 Å². The van der Waals surface area contributed by atoms with Gasteiger partial charge in [0, 0.05) is 12.1 Å². The second-order valence-electron chi connectivity index (χ2n) is 5.55. The van der Waals surface area contributed by atoms with Crippen molar-refractivity contribution in [3.63, 3.8) is 0 Å². The van der Waals surface area contributed by atoms with Gasteiger partial charge in [-0.25, -0.2) is 0 Å². The fraction of sp³-hybridized carbons (Fsp3) is 0.647. The number of benzene rings is 1. The van der Waals surface area contributed by atoms with Crippen LogP contribution >= 0.6 is 0 Å². The van der Waals surface area contributed by atoms with E-state index >= 15 is 0 Å². The van der Waals surface area contributed by atoms with Crippen molar-refractivity contribution in [3.8, 4) is 0 Å². The molecule has 2 heteroatoms. The van der Waals surface area contributed by atoms with Gasteiger partial charge in [0.2, 0.25) is 0 Å². The van der Waals surface area contributed by atoms with Crippen molar-refractivity contribution in [1.82, 2.24) is 4.90 Å². The molecule has 0 heterocycles. The minimum absolute atomic E-state index is 0.0949. The lowest BCUT2D eigenvalue weighted by Gasteiger charge is -2.30. The van der Waals surface area contributed by atoms with Crippen LogP contribution in [0.3, 0.4) is 0 Å². The Hall–Kier alpha value is -0.860. The van der Waals surface area contributed by atoms with Gasteiger partial charge in [0.25, 0.3) is 0 Å². The third kappa shape index (κ3) is 4.96. The monoisotopic (exact) mass is 262 g/mol. The quantitative estimate of drug-likeness (QED) is 0.723. The fourth-order valence-electron chi connectivity index (χ4n) is 2.34. The third-order valence-electron chi connectivity index (χ3n) is 4.10. The van der Waals surface area contributed by atoms with Crippen molar-refractivity contribution in [2.45, 2.75) is 58.5 Å². The highest BCUT2D eigenvalue weighted by Gasteiger charge is 2.18. The largest absolute Gasteiger partial charge is 0.323 e. The van der Waals surface area contributed by atoms with Gasteiger partial charge in [-0.1, -0.05) is 51.0 Å². The van der Waals surface area contributed by atoms with E-state index in [9.17, 15) is 0 Å². The van der Waals surface area contributed by atoms with Crippen LogP contribution in [-0.2, 0) is 6.42 Å². The molecule has 1 aromatic carbocycles. The van der Waals surface area contributed by atoms with Gasteiger partial charge < -0.3 is 10.6 Å². The number of likely N-dealkylation sites (N-methyl/N-ethyl adjacent to an activating group) is 1. The highest BCUT2D eigenvalue weighted by molar-refractivity contribution is 5.25. The zero-order valence-corrected chi connectivity index (χ0v) is 13.0. The lowest BCUT2D eigenvalue weighted by atomic mass is 9.98. The maximum atomic E-state index is 6.39. The lowest BCUT2D eigenvalue weighted by Crippen LogP contribution is -2.38. The SMILES string of the molecule is CCCCCN(C)C(C)C(N)c1ccc(CC)cc1. The fourth-order valence-corrected chi connectivity index (χ4v) is 2.34. The second kappa shape index (κ2) is 8.34. The molecule has 1 aromatic rings. The molecule has 0 aliphatic rings. The molecular weight excluding hydrogens is 232 g/mol. The van der Waals surface area contributed by atoms with Gasteiger partial charge in [-0.3, -0.25) is 0 Å². The minimum Gasteiger partial charge on any atom is -0.323 e. The van der Waals surface area contributed by atoms with Gasteiger partial charge in [0.15, 0.2) is 0 Å². The maximum absolute atomic E-state index is 6.39. The summed E-state index contributed by atoms with van der Waals surface area (Å²) in [7, 11) is 2.18. The number of aryl methyl sites for hydroxylation is 1. The summed E-state index contributed by atoms with van der Waals surface area (Å²) in [5.41, 5.74) is 9.01. The molecule has 108 valence electrons. The van der Waals surface area contributed by atoms with Crippen LogP contribution in [0.4, 0.5) is 0 Å².